The van der Waals surface area contributed by atoms with Gasteiger partial charge in [0.1, 0.15) is 16.1 Å². The van der Waals surface area contributed by atoms with Crippen molar-refractivity contribution >= 4 is 27.3 Å². The Kier molecular flexibility index (Phi) is 4.88. The van der Waals surface area contributed by atoms with Crippen molar-refractivity contribution in [1.82, 2.24) is 10.0 Å². The minimum atomic E-state index is -3.67. The lowest BCUT2D eigenvalue weighted by Crippen LogP contribution is -2.46. The highest BCUT2D eigenvalue weighted by atomic mass is 32.2. The van der Waals surface area contributed by atoms with Crippen LogP contribution in [0.15, 0.2) is 46.0 Å². The molecule has 1 aromatic heterocycles. The summed E-state index contributed by atoms with van der Waals surface area (Å²) in [4.78, 5) is 12.1. The zero-order valence-corrected chi connectivity index (χ0v) is 14.7. The first-order valence-corrected chi connectivity index (χ1v) is 9.90. The van der Waals surface area contributed by atoms with Gasteiger partial charge in [0.15, 0.2) is 0 Å². The molecule has 1 amide bonds. The SMILES string of the molecule is C[C@H](NS(=O)(=O)c1cccs1)C(=O)NC[C@H]1Cc2ccccc2O1. The second-order valence-corrected chi connectivity index (χ2v) is 8.46. The molecule has 2 aromatic rings. The Morgan fingerprint density at radius 3 is 2.83 bits per heavy atom. The predicted octanol–water partition coefficient (Wildman–Crippen LogP) is 1.53. The summed E-state index contributed by atoms with van der Waals surface area (Å²) in [5, 5.41) is 4.41. The summed E-state index contributed by atoms with van der Waals surface area (Å²) in [5.74, 6) is 0.456. The van der Waals surface area contributed by atoms with E-state index in [1.807, 2.05) is 24.3 Å². The summed E-state index contributed by atoms with van der Waals surface area (Å²) in [6.45, 7) is 1.85. The zero-order chi connectivity index (χ0) is 17.2. The molecule has 2 atom stereocenters. The molecule has 0 saturated heterocycles. The summed E-state index contributed by atoms with van der Waals surface area (Å²) >= 11 is 1.11. The average Bonchev–Trinajstić information content (AvgIpc) is 3.21. The van der Waals surface area contributed by atoms with Gasteiger partial charge in [0.2, 0.25) is 5.91 Å². The van der Waals surface area contributed by atoms with Crippen LogP contribution in [0, 0.1) is 0 Å². The van der Waals surface area contributed by atoms with Crippen LogP contribution in [-0.2, 0) is 21.2 Å². The molecule has 24 heavy (non-hydrogen) atoms. The Hall–Kier alpha value is -1.90. The number of benzene rings is 1. The molecule has 0 unspecified atom stereocenters. The van der Waals surface area contributed by atoms with Gasteiger partial charge in [-0.3, -0.25) is 4.79 Å². The number of fused-ring (bicyclic) bond motifs is 1. The second-order valence-electron chi connectivity index (χ2n) is 5.57. The highest BCUT2D eigenvalue weighted by molar-refractivity contribution is 7.91. The Morgan fingerprint density at radius 1 is 1.33 bits per heavy atom. The van der Waals surface area contributed by atoms with E-state index in [4.69, 9.17) is 4.74 Å². The molecule has 0 fully saturated rings. The van der Waals surface area contributed by atoms with Crippen LogP contribution in [0.1, 0.15) is 12.5 Å². The number of carbonyl (C=O) groups is 1. The quantitative estimate of drug-likeness (QED) is 0.812. The summed E-state index contributed by atoms with van der Waals surface area (Å²) in [6, 6.07) is 10.0. The van der Waals surface area contributed by atoms with E-state index in [2.05, 4.69) is 10.0 Å². The van der Waals surface area contributed by atoms with Crippen LogP contribution in [-0.4, -0.2) is 33.0 Å². The molecule has 0 bridgehead atoms. The molecule has 3 rings (SSSR count). The Balaban J connectivity index is 1.51. The number of ether oxygens (including phenoxy) is 1. The summed E-state index contributed by atoms with van der Waals surface area (Å²) in [6.07, 6.45) is 0.596. The van der Waals surface area contributed by atoms with E-state index in [0.717, 1.165) is 29.1 Å². The first-order valence-electron chi connectivity index (χ1n) is 7.54. The molecule has 2 heterocycles. The van der Waals surface area contributed by atoms with Crippen molar-refractivity contribution in [2.75, 3.05) is 6.54 Å². The number of thiophene rings is 1. The van der Waals surface area contributed by atoms with Gasteiger partial charge in [0.05, 0.1) is 12.6 Å². The van der Waals surface area contributed by atoms with Crippen molar-refractivity contribution in [2.45, 2.75) is 29.7 Å². The van der Waals surface area contributed by atoms with Crippen molar-refractivity contribution in [2.24, 2.45) is 0 Å². The van der Waals surface area contributed by atoms with E-state index in [1.165, 1.54) is 13.0 Å². The van der Waals surface area contributed by atoms with Crippen molar-refractivity contribution in [3.05, 3.63) is 47.3 Å². The van der Waals surface area contributed by atoms with Crippen molar-refractivity contribution < 1.29 is 17.9 Å². The molecule has 2 N–H and O–H groups in total. The van der Waals surface area contributed by atoms with Gasteiger partial charge in [-0.25, -0.2) is 8.42 Å². The number of nitrogens with one attached hydrogen (secondary N) is 2. The first-order chi connectivity index (χ1) is 11.5. The van der Waals surface area contributed by atoms with Crippen LogP contribution in [0.2, 0.25) is 0 Å². The highest BCUT2D eigenvalue weighted by Crippen LogP contribution is 2.27. The topological polar surface area (TPSA) is 84.5 Å². The minimum Gasteiger partial charge on any atom is -0.488 e. The lowest BCUT2D eigenvalue weighted by atomic mass is 10.1. The van der Waals surface area contributed by atoms with Crippen LogP contribution in [0.25, 0.3) is 0 Å². The fourth-order valence-electron chi connectivity index (χ4n) is 2.50. The number of amides is 1. The van der Waals surface area contributed by atoms with Crippen LogP contribution in [0.4, 0.5) is 0 Å². The largest absolute Gasteiger partial charge is 0.488 e. The lowest BCUT2D eigenvalue weighted by Gasteiger charge is -2.16. The maximum absolute atomic E-state index is 12.1. The van der Waals surface area contributed by atoms with Gasteiger partial charge in [-0.05, 0) is 30.0 Å². The van der Waals surface area contributed by atoms with Crippen LogP contribution < -0.4 is 14.8 Å². The number of hydrogen-bond donors (Lipinski definition) is 2. The smallest absolute Gasteiger partial charge is 0.250 e. The van der Waals surface area contributed by atoms with E-state index >= 15 is 0 Å². The van der Waals surface area contributed by atoms with Crippen molar-refractivity contribution in [1.29, 1.82) is 0 Å². The molecule has 8 heteroatoms. The van der Waals surface area contributed by atoms with Gasteiger partial charge in [-0.15, -0.1) is 11.3 Å². The number of sulfonamides is 1. The van der Waals surface area contributed by atoms with E-state index < -0.39 is 16.1 Å². The van der Waals surface area contributed by atoms with Crippen molar-refractivity contribution in [3.63, 3.8) is 0 Å². The highest BCUT2D eigenvalue weighted by Gasteiger charge is 2.26. The third-order valence-electron chi connectivity index (χ3n) is 3.70. The molecule has 0 spiro atoms. The Bertz CT molecular complexity index is 793. The van der Waals surface area contributed by atoms with Gasteiger partial charge in [-0.1, -0.05) is 24.3 Å². The summed E-state index contributed by atoms with van der Waals surface area (Å²) in [5.41, 5.74) is 1.11. The first kappa shape index (κ1) is 16.9. The zero-order valence-electron chi connectivity index (χ0n) is 13.1. The van der Waals surface area contributed by atoms with Gasteiger partial charge in [0, 0.05) is 6.42 Å². The minimum absolute atomic E-state index is 0.132. The molecule has 1 aliphatic heterocycles. The van der Waals surface area contributed by atoms with Crippen LogP contribution >= 0.6 is 11.3 Å². The normalized spacial score (nSPS) is 17.8. The lowest BCUT2D eigenvalue weighted by molar-refractivity contribution is -0.122. The van der Waals surface area contributed by atoms with Crippen molar-refractivity contribution in [3.8, 4) is 5.75 Å². The van der Waals surface area contributed by atoms with Gasteiger partial charge in [0.25, 0.3) is 10.0 Å². The third kappa shape index (κ3) is 3.77. The average molecular weight is 366 g/mol. The number of para-hydroxylation sites is 1. The van der Waals surface area contributed by atoms with Crippen LogP contribution in [0.3, 0.4) is 0 Å². The maximum Gasteiger partial charge on any atom is 0.250 e. The Labute approximate surface area is 144 Å². The van der Waals surface area contributed by atoms with Gasteiger partial charge < -0.3 is 10.1 Å². The fraction of sp³-hybridized carbons (Fsp3) is 0.312. The number of rotatable bonds is 6. The third-order valence-corrected chi connectivity index (χ3v) is 6.64. The predicted molar refractivity (Wildman–Crippen MR) is 91.7 cm³/mol. The molecule has 0 saturated carbocycles. The maximum atomic E-state index is 12.1. The Morgan fingerprint density at radius 2 is 2.12 bits per heavy atom. The molecule has 128 valence electrons. The monoisotopic (exact) mass is 366 g/mol. The standard InChI is InChI=1S/C16H18N2O4S2/c1-11(18-24(20,21)15-7-4-8-23-15)16(19)17-10-13-9-12-5-2-3-6-14(12)22-13/h2-8,11,13,18H,9-10H2,1H3,(H,17,19)/t11-,13+/m0/s1. The van der Waals surface area contributed by atoms with Gasteiger partial charge in [-0.2, -0.15) is 4.72 Å². The molecule has 0 radical (unpaired) electrons. The second kappa shape index (κ2) is 6.92. The van der Waals surface area contributed by atoms with E-state index in [0.29, 0.717) is 6.54 Å². The fourth-order valence-corrected chi connectivity index (χ4v) is 4.71. The number of hydrogen-bond acceptors (Lipinski definition) is 5. The molecule has 1 aliphatic rings. The number of carbonyl (C=O) groups excluding carboxylic acids is 1. The van der Waals surface area contributed by atoms with E-state index in [-0.39, 0.29) is 16.2 Å². The summed E-state index contributed by atoms with van der Waals surface area (Å²) < 4.78 is 32.5. The molecule has 1 aromatic carbocycles. The summed E-state index contributed by atoms with van der Waals surface area (Å²) in [7, 11) is -3.67. The molecule has 6 nitrogen and oxygen atoms in total. The molecular weight excluding hydrogens is 348 g/mol. The van der Waals surface area contributed by atoms with Crippen LogP contribution in [0.5, 0.6) is 5.75 Å². The molecule has 0 aliphatic carbocycles. The van der Waals surface area contributed by atoms with E-state index in [9.17, 15) is 13.2 Å². The van der Waals surface area contributed by atoms with Gasteiger partial charge >= 0.3 is 0 Å². The molecular formula is C16H18N2O4S2. The van der Waals surface area contributed by atoms with E-state index in [1.54, 1.807) is 11.4 Å².